The molecule has 6 rings (SSSR count). The Balaban J connectivity index is 1.20. The number of nitrogens with zero attached hydrogens (tertiary/aromatic N) is 1. The molecule has 7 heteroatoms. The van der Waals surface area contributed by atoms with Crippen LogP contribution in [-0.2, 0) is 20.7 Å². The molecule has 3 aliphatic rings. The Morgan fingerprint density at radius 3 is 2.84 bits per heavy atom. The van der Waals surface area contributed by atoms with Crippen molar-refractivity contribution in [3.63, 3.8) is 0 Å². The fraction of sp³-hybridized carbons (Fsp3) is 0.484. The number of para-hydroxylation sites is 1. The van der Waals surface area contributed by atoms with E-state index in [0.29, 0.717) is 19.5 Å². The zero-order chi connectivity index (χ0) is 26.6. The number of nitrogens with one attached hydrogen (secondary N) is 2. The summed E-state index contributed by atoms with van der Waals surface area (Å²) in [5, 5.41) is 4.01. The second-order valence-corrected chi connectivity index (χ2v) is 11.8. The number of fused-ring (bicyclic) bond motifs is 5. The van der Waals surface area contributed by atoms with Gasteiger partial charge in [0.05, 0.1) is 12.2 Å². The number of carbonyl (C=O) groups excluding carboxylic acids is 2. The van der Waals surface area contributed by atoms with Gasteiger partial charge in [0.15, 0.2) is 0 Å². The van der Waals surface area contributed by atoms with Gasteiger partial charge in [-0.05, 0) is 56.9 Å². The van der Waals surface area contributed by atoms with Gasteiger partial charge in [0.1, 0.15) is 17.4 Å². The SMILES string of the molecule is CC(=O)N[C@@H](Cc1c[nH]c2ccccc12)C(=O)N1CC[C@H]2O[C@H]3c4ccc(C)cc4OC(C)(C)[C@@H]3C[C@H]2C1. The zero-order valence-electron chi connectivity index (χ0n) is 22.6. The highest BCUT2D eigenvalue weighted by atomic mass is 16.5. The molecule has 0 saturated carbocycles. The summed E-state index contributed by atoms with van der Waals surface area (Å²) >= 11 is 0. The Bertz CT molecular complexity index is 1380. The van der Waals surface area contributed by atoms with E-state index < -0.39 is 6.04 Å². The van der Waals surface area contributed by atoms with E-state index in [-0.39, 0.29) is 41.5 Å². The lowest BCUT2D eigenvalue weighted by atomic mass is 9.70. The van der Waals surface area contributed by atoms with Crippen LogP contribution in [0.25, 0.3) is 10.9 Å². The van der Waals surface area contributed by atoms with Crippen LogP contribution >= 0.6 is 0 Å². The third kappa shape index (κ3) is 4.47. The number of aryl methyl sites for hydroxylation is 1. The van der Waals surface area contributed by atoms with Gasteiger partial charge in [-0.1, -0.05) is 30.3 Å². The summed E-state index contributed by atoms with van der Waals surface area (Å²) < 4.78 is 13.3. The highest BCUT2D eigenvalue weighted by molar-refractivity contribution is 5.89. The number of likely N-dealkylation sites (tertiary alicyclic amines) is 1. The fourth-order valence-electron chi connectivity index (χ4n) is 6.80. The average Bonchev–Trinajstić information content (AvgIpc) is 3.29. The minimum atomic E-state index is -0.606. The molecule has 38 heavy (non-hydrogen) atoms. The largest absolute Gasteiger partial charge is 0.487 e. The van der Waals surface area contributed by atoms with Crippen LogP contribution in [0.15, 0.2) is 48.7 Å². The topological polar surface area (TPSA) is 83.7 Å². The van der Waals surface area contributed by atoms with Crippen molar-refractivity contribution in [1.82, 2.24) is 15.2 Å². The molecule has 0 bridgehead atoms. The molecule has 0 aliphatic carbocycles. The molecule has 4 heterocycles. The Labute approximate surface area is 223 Å². The predicted octanol–water partition coefficient (Wildman–Crippen LogP) is 4.69. The zero-order valence-corrected chi connectivity index (χ0v) is 22.6. The lowest BCUT2D eigenvalue weighted by Gasteiger charge is -2.53. The lowest BCUT2D eigenvalue weighted by molar-refractivity contribution is -0.189. The molecule has 1 aromatic heterocycles. The number of piperidine rings is 1. The summed E-state index contributed by atoms with van der Waals surface area (Å²) in [7, 11) is 0. The molecule has 2 aromatic carbocycles. The molecular formula is C31H37N3O4. The first-order valence-corrected chi connectivity index (χ1v) is 13.8. The van der Waals surface area contributed by atoms with E-state index in [2.05, 4.69) is 49.3 Å². The summed E-state index contributed by atoms with van der Waals surface area (Å²) in [5.41, 5.74) is 4.01. The number of aromatic nitrogens is 1. The van der Waals surface area contributed by atoms with Crippen LogP contribution in [0.3, 0.4) is 0 Å². The monoisotopic (exact) mass is 515 g/mol. The van der Waals surface area contributed by atoms with Gasteiger partial charge in [-0.15, -0.1) is 0 Å². The molecule has 0 radical (unpaired) electrons. The van der Waals surface area contributed by atoms with Gasteiger partial charge in [0, 0.05) is 60.9 Å². The van der Waals surface area contributed by atoms with E-state index in [9.17, 15) is 9.59 Å². The van der Waals surface area contributed by atoms with Crippen molar-refractivity contribution >= 4 is 22.7 Å². The summed E-state index contributed by atoms with van der Waals surface area (Å²) in [6, 6.07) is 13.8. The molecule has 5 atom stereocenters. The number of benzene rings is 2. The summed E-state index contributed by atoms with van der Waals surface area (Å²) in [6.45, 7) is 9.12. The minimum Gasteiger partial charge on any atom is -0.487 e. The number of rotatable bonds is 4. The van der Waals surface area contributed by atoms with Gasteiger partial charge in [0.25, 0.3) is 0 Å². The van der Waals surface area contributed by atoms with Crippen molar-refractivity contribution in [3.8, 4) is 5.75 Å². The van der Waals surface area contributed by atoms with Crippen molar-refractivity contribution in [2.75, 3.05) is 13.1 Å². The van der Waals surface area contributed by atoms with Gasteiger partial charge in [-0.3, -0.25) is 9.59 Å². The van der Waals surface area contributed by atoms with Crippen molar-refractivity contribution in [1.29, 1.82) is 0 Å². The highest BCUT2D eigenvalue weighted by Crippen LogP contribution is 2.53. The lowest BCUT2D eigenvalue weighted by Crippen LogP contribution is -2.58. The molecule has 0 spiro atoms. The van der Waals surface area contributed by atoms with E-state index >= 15 is 0 Å². The maximum atomic E-state index is 13.8. The first-order valence-electron chi connectivity index (χ1n) is 13.8. The number of aromatic amines is 1. The quantitative estimate of drug-likeness (QED) is 0.528. The number of H-pyrrole nitrogens is 1. The van der Waals surface area contributed by atoms with Crippen molar-refractivity contribution < 1.29 is 19.1 Å². The number of hydrogen-bond donors (Lipinski definition) is 2. The van der Waals surface area contributed by atoms with Crippen LogP contribution in [0.2, 0.25) is 0 Å². The maximum Gasteiger partial charge on any atom is 0.245 e. The van der Waals surface area contributed by atoms with Crippen LogP contribution < -0.4 is 10.1 Å². The van der Waals surface area contributed by atoms with E-state index in [4.69, 9.17) is 9.47 Å². The number of hydrogen-bond acceptors (Lipinski definition) is 4. The molecule has 2 fully saturated rings. The average molecular weight is 516 g/mol. The summed E-state index contributed by atoms with van der Waals surface area (Å²) in [5.74, 6) is 1.14. The van der Waals surface area contributed by atoms with Gasteiger partial charge in [0.2, 0.25) is 11.8 Å². The molecule has 2 N–H and O–H groups in total. The van der Waals surface area contributed by atoms with E-state index in [1.807, 2.05) is 35.4 Å². The van der Waals surface area contributed by atoms with Gasteiger partial charge >= 0.3 is 0 Å². The van der Waals surface area contributed by atoms with Gasteiger partial charge in [-0.2, -0.15) is 0 Å². The molecule has 2 amide bonds. The van der Waals surface area contributed by atoms with Gasteiger partial charge in [-0.25, -0.2) is 0 Å². The minimum absolute atomic E-state index is 0.00634. The second kappa shape index (κ2) is 9.45. The maximum absolute atomic E-state index is 13.8. The Hall–Kier alpha value is -3.32. The van der Waals surface area contributed by atoms with Crippen molar-refractivity contribution in [2.45, 2.75) is 70.8 Å². The summed E-state index contributed by atoms with van der Waals surface area (Å²) in [4.78, 5) is 31.1. The van der Waals surface area contributed by atoms with E-state index in [0.717, 1.165) is 40.6 Å². The molecule has 7 nitrogen and oxygen atoms in total. The highest BCUT2D eigenvalue weighted by Gasteiger charge is 2.51. The third-order valence-corrected chi connectivity index (χ3v) is 8.74. The molecule has 2 saturated heterocycles. The first-order chi connectivity index (χ1) is 18.2. The Morgan fingerprint density at radius 1 is 1.21 bits per heavy atom. The molecular weight excluding hydrogens is 478 g/mol. The molecule has 3 aromatic rings. The van der Waals surface area contributed by atoms with Crippen LogP contribution in [0.5, 0.6) is 5.75 Å². The second-order valence-electron chi connectivity index (χ2n) is 11.8. The van der Waals surface area contributed by atoms with Crippen LogP contribution in [0.1, 0.15) is 56.4 Å². The van der Waals surface area contributed by atoms with Crippen molar-refractivity contribution in [2.24, 2.45) is 11.8 Å². The predicted molar refractivity (Wildman–Crippen MR) is 146 cm³/mol. The standard InChI is InChI=1S/C31H37N3O4/c1-18-9-10-23-28(13-18)38-31(3,4)24-14-21-17-34(12-11-27(21)37-29(23)24)30(36)26(33-19(2)35)15-20-16-32-25-8-6-5-7-22(20)25/h5-10,13,16,21,24,26-27,29,32H,11-12,14-15,17H2,1-4H3,(H,33,35)/t21-,24+,26-,27+,29-/m0/s1. The number of amides is 2. The normalized spacial score (nSPS) is 26.5. The Kier molecular flexibility index (Phi) is 6.22. The third-order valence-electron chi connectivity index (χ3n) is 8.74. The van der Waals surface area contributed by atoms with Gasteiger partial charge < -0.3 is 24.7 Å². The molecule has 0 unspecified atom stereocenters. The van der Waals surface area contributed by atoms with E-state index in [1.165, 1.54) is 12.5 Å². The first kappa shape index (κ1) is 25.0. The van der Waals surface area contributed by atoms with Crippen LogP contribution in [-0.4, -0.2) is 52.5 Å². The fourth-order valence-corrected chi connectivity index (χ4v) is 6.80. The Morgan fingerprint density at radius 2 is 2.03 bits per heavy atom. The smallest absolute Gasteiger partial charge is 0.245 e. The molecule has 3 aliphatic heterocycles. The van der Waals surface area contributed by atoms with Crippen LogP contribution in [0, 0.1) is 18.8 Å². The molecule has 200 valence electrons. The number of ether oxygens (including phenoxy) is 2. The van der Waals surface area contributed by atoms with Crippen LogP contribution in [0.4, 0.5) is 0 Å². The summed E-state index contributed by atoms with van der Waals surface area (Å²) in [6.07, 6.45) is 4.24. The van der Waals surface area contributed by atoms with Crippen molar-refractivity contribution in [3.05, 3.63) is 65.4 Å². The van der Waals surface area contributed by atoms with E-state index in [1.54, 1.807) is 0 Å². The number of carbonyl (C=O) groups is 2.